The zero-order valence-corrected chi connectivity index (χ0v) is 20.2. The van der Waals surface area contributed by atoms with Crippen LogP contribution in [0.5, 0.6) is 11.8 Å². The van der Waals surface area contributed by atoms with E-state index in [4.69, 9.17) is 15.2 Å². The first kappa shape index (κ1) is 23.5. The molecule has 0 spiro atoms. The number of rotatable bonds is 8. The molecule has 0 bridgehead atoms. The fraction of sp³-hybridized carbons (Fsp3) is 0.320. The molecule has 11 heteroatoms. The van der Waals surface area contributed by atoms with Gasteiger partial charge in [0.15, 0.2) is 0 Å². The number of nitrogens with one attached hydrogen (secondary N) is 1. The molecule has 36 heavy (non-hydrogen) atoms. The summed E-state index contributed by atoms with van der Waals surface area (Å²) in [6, 6.07) is 14.0. The normalized spacial score (nSPS) is 14.6. The molecule has 0 radical (unpaired) electrons. The Labute approximate surface area is 208 Å². The molecule has 1 aromatic carbocycles. The summed E-state index contributed by atoms with van der Waals surface area (Å²) in [6.07, 6.45) is 3.77. The molecule has 1 fully saturated rings. The first-order valence-corrected chi connectivity index (χ1v) is 11.7. The standard InChI is InChI=1S/C25H28N8O3/c1-35-23-13-20(24(36-2)30-29-23)21-8-7-19-14-27-25(31-33(19)21)28-18-5-3-16(4-6-18)17-9-11-32(12-10-17)15-22(26)34/h3-8,13-14,17H,9-12,15H2,1-2H3,(H2,26,34)(H,28,31). The van der Waals surface area contributed by atoms with Crippen LogP contribution in [0.4, 0.5) is 11.6 Å². The molecule has 186 valence electrons. The highest BCUT2D eigenvalue weighted by molar-refractivity contribution is 5.76. The highest BCUT2D eigenvalue weighted by Crippen LogP contribution is 2.32. The Morgan fingerprint density at radius 2 is 1.86 bits per heavy atom. The third-order valence-electron chi connectivity index (χ3n) is 6.42. The second-order valence-electron chi connectivity index (χ2n) is 8.71. The van der Waals surface area contributed by atoms with Gasteiger partial charge in [-0.25, -0.2) is 9.50 Å². The Bertz CT molecular complexity index is 1360. The summed E-state index contributed by atoms with van der Waals surface area (Å²) in [5.74, 6) is 1.42. The second kappa shape index (κ2) is 10.2. The number of likely N-dealkylation sites (tertiary alicyclic amines) is 1. The van der Waals surface area contributed by atoms with Crippen molar-refractivity contribution in [2.45, 2.75) is 18.8 Å². The van der Waals surface area contributed by atoms with E-state index in [-0.39, 0.29) is 5.91 Å². The van der Waals surface area contributed by atoms with Crippen molar-refractivity contribution in [1.29, 1.82) is 0 Å². The summed E-state index contributed by atoms with van der Waals surface area (Å²) in [4.78, 5) is 17.7. The molecule has 0 saturated carbocycles. The number of nitrogens with two attached hydrogens (primary N) is 1. The maximum Gasteiger partial charge on any atom is 0.245 e. The first-order chi connectivity index (χ1) is 17.5. The summed E-state index contributed by atoms with van der Waals surface area (Å²) in [5, 5.41) is 16.0. The van der Waals surface area contributed by atoms with Crippen molar-refractivity contribution >= 4 is 23.1 Å². The number of benzene rings is 1. The van der Waals surface area contributed by atoms with Crippen LogP contribution in [0.15, 0.2) is 48.7 Å². The van der Waals surface area contributed by atoms with Gasteiger partial charge in [0.25, 0.3) is 0 Å². The van der Waals surface area contributed by atoms with Gasteiger partial charge in [0.05, 0.1) is 43.7 Å². The average Bonchev–Trinajstić information content (AvgIpc) is 3.32. The summed E-state index contributed by atoms with van der Waals surface area (Å²) >= 11 is 0. The van der Waals surface area contributed by atoms with E-state index in [9.17, 15) is 4.79 Å². The quantitative estimate of drug-likeness (QED) is 0.384. The lowest BCUT2D eigenvalue weighted by atomic mass is 9.89. The zero-order valence-electron chi connectivity index (χ0n) is 20.2. The van der Waals surface area contributed by atoms with Crippen molar-refractivity contribution in [1.82, 2.24) is 29.7 Å². The molecule has 1 aliphatic heterocycles. The van der Waals surface area contributed by atoms with Gasteiger partial charge in [-0.05, 0) is 61.7 Å². The minimum absolute atomic E-state index is 0.271. The van der Waals surface area contributed by atoms with Crippen LogP contribution in [0.1, 0.15) is 24.3 Å². The maximum absolute atomic E-state index is 11.2. The van der Waals surface area contributed by atoms with Gasteiger partial charge in [-0.15, -0.1) is 15.3 Å². The van der Waals surface area contributed by atoms with Crippen molar-refractivity contribution in [3.63, 3.8) is 0 Å². The fourth-order valence-electron chi connectivity index (χ4n) is 4.57. The van der Waals surface area contributed by atoms with E-state index < -0.39 is 0 Å². The number of piperidine rings is 1. The molecule has 11 nitrogen and oxygen atoms in total. The SMILES string of the molecule is COc1cc(-c2ccc3cnc(Nc4ccc(C5CCN(CC(N)=O)CC5)cc4)nn23)c(OC)nn1. The number of hydrogen-bond donors (Lipinski definition) is 2. The highest BCUT2D eigenvalue weighted by atomic mass is 16.5. The lowest BCUT2D eigenvalue weighted by molar-refractivity contribution is -0.119. The summed E-state index contributed by atoms with van der Waals surface area (Å²) in [5.41, 5.74) is 9.81. The van der Waals surface area contributed by atoms with E-state index in [2.05, 4.69) is 42.6 Å². The Morgan fingerprint density at radius 3 is 2.56 bits per heavy atom. The molecular formula is C25H28N8O3. The van der Waals surface area contributed by atoms with Crippen molar-refractivity contribution in [3.8, 4) is 23.0 Å². The predicted molar refractivity (Wildman–Crippen MR) is 134 cm³/mol. The minimum atomic E-state index is -0.271. The van der Waals surface area contributed by atoms with E-state index in [0.717, 1.165) is 42.8 Å². The van der Waals surface area contributed by atoms with Gasteiger partial charge in [-0.2, -0.15) is 0 Å². The molecule has 0 aliphatic carbocycles. The van der Waals surface area contributed by atoms with Gasteiger partial charge in [0.2, 0.25) is 23.6 Å². The number of carbonyl (C=O) groups excluding carboxylic acids is 1. The molecule has 3 aromatic heterocycles. The number of aromatic nitrogens is 5. The number of methoxy groups -OCH3 is 2. The second-order valence-corrected chi connectivity index (χ2v) is 8.71. The van der Waals surface area contributed by atoms with Gasteiger partial charge in [-0.3, -0.25) is 9.69 Å². The third kappa shape index (κ3) is 4.91. The molecule has 4 aromatic rings. The summed E-state index contributed by atoms with van der Waals surface area (Å²) in [6.45, 7) is 2.09. The van der Waals surface area contributed by atoms with Crippen LogP contribution in [-0.4, -0.2) is 69.5 Å². The number of hydrogen-bond acceptors (Lipinski definition) is 9. The van der Waals surface area contributed by atoms with Crippen LogP contribution >= 0.6 is 0 Å². The molecule has 1 aliphatic rings. The molecule has 0 unspecified atom stereocenters. The molecule has 1 amide bonds. The Balaban J connectivity index is 1.33. The number of carbonyl (C=O) groups is 1. The third-order valence-corrected chi connectivity index (χ3v) is 6.42. The number of nitrogens with zero attached hydrogens (tertiary/aromatic N) is 6. The number of primary amides is 1. The number of fused-ring (bicyclic) bond motifs is 1. The van der Waals surface area contributed by atoms with Gasteiger partial charge in [0, 0.05) is 11.8 Å². The lowest BCUT2D eigenvalue weighted by Gasteiger charge is -2.31. The average molecular weight is 489 g/mol. The van der Waals surface area contributed by atoms with E-state index in [0.29, 0.717) is 35.7 Å². The van der Waals surface area contributed by atoms with Crippen LogP contribution in [0.25, 0.3) is 16.8 Å². The van der Waals surface area contributed by atoms with Crippen LogP contribution in [0.2, 0.25) is 0 Å². The van der Waals surface area contributed by atoms with Gasteiger partial charge in [0.1, 0.15) is 0 Å². The molecular weight excluding hydrogens is 460 g/mol. The van der Waals surface area contributed by atoms with Crippen molar-refractivity contribution in [3.05, 3.63) is 54.2 Å². The Hall–Kier alpha value is -4.25. The monoisotopic (exact) mass is 488 g/mol. The molecule has 1 saturated heterocycles. The summed E-state index contributed by atoms with van der Waals surface area (Å²) < 4.78 is 12.4. The lowest BCUT2D eigenvalue weighted by Crippen LogP contribution is -2.39. The Kier molecular flexibility index (Phi) is 6.63. The molecule has 4 heterocycles. The fourth-order valence-corrected chi connectivity index (χ4v) is 4.57. The van der Waals surface area contributed by atoms with E-state index in [1.165, 1.54) is 5.56 Å². The topological polar surface area (TPSA) is 133 Å². The Morgan fingerprint density at radius 1 is 1.08 bits per heavy atom. The summed E-state index contributed by atoms with van der Waals surface area (Å²) in [7, 11) is 3.09. The van der Waals surface area contributed by atoms with Crippen LogP contribution in [0.3, 0.4) is 0 Å². The smallest absolute Gasteiger partial charge is 0.245 e. The minimum Gasteiger partial charge on any atom is -0.480 e. The predicted octanol–water partition coefficient (Wildman–Crippen LogP) is 2.61. The van der Waals surface area contributed by atoms with Gasteiger partial charge >= 0.3 is 0 Å². The number of ether oxygens (including phenoxy) is 2. The van der Waals surface area contributed by atoms with Crippen molar-refractivity contribution in [2.75, 3.05) is 39.2 Å². The van der Waals surface area contributed by atoms with E-state index in [1.807, 2.05) is 24.3 Å². The first-order valence-electron chi connectivity index (χ1n) is 11.7. The number of amides is 1. The van der Waals surface area contributed by atoms with Crippen LogP contribution in [-0.2, 0) is 4.79 Å². The van der Waals surface area contributed by atoms with Crippen LogP contribution < -0.4 is 20.5 Å². The molecule has 0 atom stereocenters. The van der Waals surface area contributed by atoms with E-state index >= 15 is 0 Å². The van der Waals surface area contributed by atoms with E-state index in [1.54, 1.807) is 31.0 Å². The van der Waals surface area contributed by atoms with Crippen LogP contribution in [0, 0.1) is 0 Å². The molecule has 3 N–H and O–H groups in total. The van der Waals surface area contributed by atoms with Gasteiger partial charge < -0.3 is 20.5 Å². The highest BCUT2D eigenvalue weighted by Gasteiger charge is 2.21. The number of anilines is 2. The zero-order chi connectivity index (χ0) is 25.1. The van der Waals surface area contributed by atoms with Gasteiger partial charge in [-0.1, -0.05) is 12.1 Å². The largest absolute Gasteiger partial charge is 0.480 e. The van der Waals surface area contributed by atoms with Crippen molar-refractivity contribution in [2.24, 2.45) is 5.73 Å². The maximum atomic E-state index is 11.2. The molecule has 5 rings (SSSR count). The van der Waals surface area contributed by atoms with Crippen molar-refractivity contribution < 1.29 is 14.3 Å².